The van der Waals surface area contributed by atoms with Crippen LogP contribution in [0.4, 0.5) is 5.69 Å². The summed E-state index contributed by atoms with van der Waals surface area (Å²) in [7, 11) is 1.59. The van der Waals surface area contributed by atoms with E-state index in [1.165, 1.54) is 12.1 Å². The Morgan fingerprint density at radius 3 is 2.82 bits per heavy atom. The predicted octanol–water partition coefficient (Wildman–Crippen LogP) is 1.57. The number of nitrogens with zero attached hydrogens (tertiary/aromatic N) is 2. The fourth-order valence-corrected chi connectivity index (χ4v) is 2.12. The number of nitrogens with one attached hydrogen (secondary N) is 1. The van der Waals surface area contributed by atoms with Crippen LogP contribution in [0.2, 0.25) is 0 Å². The van der Waals surface area contributed by atoms with Gasteiger partial charge in [-0.25, -0.2) is 0 Å². The molecule has 1 unspecified atom stereocenters. The highest BCUT2D eigenvalue weighted by Crippen LogP contribution is 2.14. The van der Waals surface area contributed by atoms with Crippen LogP contribution >= 0.6 is 0 Å². The molecule has 1 amide bonds. The third kappa shape index (κ3) is 6.19. The molecular formula is C15H23N3O4. The second kappa shape index (κ2) is 9.11. The van der Waals surface area contributed by atoms with Crippen molar-refractivity contribution in [1.82, 2.24) is 10.2 Å². The molecule has 1 N–H and O–H groups in total. The van der Waals surface area contributed by atoms with Gasteiger partial charge >= 0.3 is 0 Å². The number of carbonyl (C=O) groups is 1. The first-order valence-corrected chi connectivity index (χ1v) is 7.20. The molecular weight excluding hydrogens is 286 g/mol. The van der Waals surface area contributed by atoms with Crippen LogP contribution in [-0.4, -0.2) is 48.6 Å². The first kappa shape index (κ1) is 18.1. The van der Waals surface area contributed by atoms with E-state index in [-0.39, 0.29) is 24.2 Å². The fourth-order valence-electron chi connectivity index (χ4n) is 2.12. The lowest BCUT2D eigenvalue weighted by Gasteiger charge is -2.21. The zero-order chi connectivity index (χ0) is 16.5. The Hall–Kier alpha value is -1.99. The molecule has 0 heterocycles. The monoisotopic (exact) mass is 309 g/mol. The lowest BCUT2D eigenvalue weighted by atomic mass is 10.2. The highest BCUT2D eigenvalue weighted by atomic mass is 16.6. The molecule has 1 aromatic carbocycles. The smallest absolute Gasteiger partial charge is 0.269 e. The molecule has 0 spiro atoms. The number of amides is 1. The van der Waals surface area contributed by atoms with E-state index in [0.717, 1.165) is 5.56 Å². The van der Waals surface area contributed by atoms with Crippen molar-refractivity contribution in [2.45, 2.75) is 26.4 Å². The summed E-state index contributed by atoms with van der Waals surface area (Å²) in [5.41, 5.74) is 0.875. The number of rotatable bonds is 9. The van der Waals surface area contributed by atoms with Gasteiger partial charge in [-0.3, -0.25) is 19.8 Å². The summed E-state index contributed by atoms with van der Waals surface area (Å²) in [6, 6.07) is 6.42. The Morgan fingerprint density at radius 2 is 2.23 bits per heavy atom. The van der Waals surface area contributed by atoms with Crippen LogP contribution in [0.5, 0.6) is 0 Å². The van der Waals surface area contributed by atoms with Gasteiger partial charge in [-0.2, -0.15) is 0 Å². The van der Waals surface area contributed by atoms with Gasteiger partial charge in [0.2, 0.25) is 5.91 Å². The molecule has 0 bridgehead atoms. The summed E-state index contributed by atoms with van der Waals surface area (Å²) in [5.74, 6) is -0.0863. The van der Waals surface area contributed by atoms with Crippen LogP contribution in [0.1, 0.15) is 19.4 Å². The van der Waals surface area contributed by atoms with E-state index in [0.29, 0.717) is 19.7 Å². The topological polar surface area (TPSA) is 84.7 Å². The van der Waals surface area contributed by atoms with E-state index in [2.05, 4.69) is 5.32 Å². The summed E-state index contributed by atoms with van der Waals surface area (Å²) in [4.78, 5) is 24.2. The largest absolute Gasteiger partial charge is 0.383 e. The average Bonchev–Trinajstić information content (AvgIpc) is 2.46. The number of likely N-dealkylation sites (N-methyl/N-ethyl adjacent to an activating group) is 1. The summed E-state index contributed by atoms with van der Waals surface area (Å²) in [5, 5.41) is 13.6. The van der Waals surface area contributed by atoms with Gasteiger partial charge in [0.15, 0.2) is 0 Å². The zero-order valence-corrected chi connectivity index (χ0v) is 13.2. The second-order valence-electron chi connectivity index (χ2n) is 5.15. The van der Waals surface area contributed by atoms with Gasteiger partial charge in [0.05, 0.1) is 18.1 Å². The number of hydrogen-bond acceptors (Lipinski definition) is 5. The number of methoxy groups -OCH3 is 1. The summed E-state index contributed by atoms with van der Waals surface area (Å²) in [6.45, 7) is 5.69. The van der Waals surface area contributed by atoms with E-state index >= 15 is 0 Å². The molecule has 0 saturated carbocycles. The molecule has 7 heteroatoms. The van der Waals surface area contributed by atoms with Crippen molar-refractivity contribution in [3.05, 3.63) is 39.9 Å². The fraction of sp³-hybridized carbons (Fsp3) is 0.533. The van der Waals surface area contributed by atoms with Crippen molar-refractivity contribution in [2.75, 3.05) is 26.8 Å². The molecule has 1 aromatic rings. The number of non-ortho nitro benzene ring substituents is 1. The van der Waals surface area contributed by atoms with E-state index in [1.54, 1.807) is 13.2 Å². The molecule has 122 valence electrons. The molecule has 1 atom stereocenters. The third-order valence-corrected chi connectivity index (χ3v) is 3.17. The van der Waals surface area contributed by atoms with Crippen molar-refractivity contribution >= 4 is 11.6 Å². The van der Waals surface area contributed by atoms with Gasteiger partial charge in [-0.1, -0.05) is 19.1 Å². The van der Waals surface area contributed by atoms with E-state index < -0.39 is 4.92 Å². The lowest BCUT2D eigenvalue weighted by Crippen LogP contribution is -2.42. The number of nitro benzene ring substituents is 1. The Labute approximate surface area is 130 Å². The van der Waals surface area contributed by atoms with Crippen LogP contribution in [0.15, 0.2) is 24.3 Å². The van der Waals surface area contributed by atoms with Crippen molar-refractivity contribution in [2.24, 2.45) is 0 Å². The van der Waals surface area contributed by atoms with Crippen LogP contribution < -0.4 is 5.32 Å². The maximum Gasteiger partial charge on any atom is 0.269 e. The van der Waals surface area contributed by atoms with Gasteiger partial charge < -0.3 is 10.1 Å². The van der Waals surface area contributed by atoms with E-state index in [9.17, 15) is 14.9 Å². The highest BCUT2D eigenvalue weighted by Gasteiger charge is 2.13. The summed E-state index contributed by atoms with van der Waals surface area (Å²) in [6.07, 6.45) is 0. The molecule has 7 nitrogen and oxygen atoms in total. The van der Waals surface area contributed by atoms with Gasteiger partial charge in [-0.05, 0) is 19.0 Å². The SMILES string of the molecule is CCN(CC(=O)NC(C)COC)Cc1cccc([N+](=O)[O-])c1. The van der Waals surface area contributed by atoms with Crippen molar-refractivity contribution in [3.63, 3.8) is 0 Å². The predicted molar refractivity (Wildman–Crippen MR) is 83.5 cm³/mol. The second-order valence-corrected chi connectivity index (χ2v) is 5.15. The van der Waals surface area contributed by atoms with Crippen LogP contribution in [0.3, 0.4) is 0 Å². The molecule has 0 aromatic heterocycles. The summed E-state index contributed by atoms with van der Waals surface area (Å²) >= 11 is 0. The number of hydrogen-bond donors (Lipinski definition) is 1. The van der Waals surface area contributed by atoms with Crippen molar-refractivity contribution in [3.8, 4) is 0 Å². The Balaban J connectivity index is 2.59. The highest BCUT2D eigenvalue weighted by molar-refractivity contribution is 5.78. The van der Waals surface area contributed by atoms with Gasteiger partial charge in [0, 0.05) is 31.8 Å². The third-order valence-electron chi connectivity index (χ3n) is 3.17. The lowest BCUT2D eigenvalue weighted by molar-refractivity contribution is -0.384. The molecule has 0 aliphatic heterocycles. The van der Waals surface area contributed by atoms with E-state index in [1.807, 2.05) is 24.8 Å². The number of nitro groups is 1. The Morgan fingerprint density at radius 1 is 1.50 bits per heavy atom. The van der Waals surface area contributed by atoms with Gasteiger partial charge in [0.1, 0.15) is 0 Å². The minimum Gasteiger partial charge on any atom is -0.383 e. The van der Waals surface area contributed by atoms with Crippen LogP contribution in [0, 0.1) is 10.1 Å². The molecule has 1 rings (SSSR count). The number of carbonyl (C=O) groups excluding carboxylic acids is 1. The average molecular weight is 309 g/mol. The molecule has 0 saturated heterocycles. The molecule has 22 heavy (non-hydrogen) atoms. The van der Waals surface area contributed by atoms with Gasteiger partial charge in [-0.15, -0.1) is 0 Å². The van der Waals surface area contributed by atoms with E-state index in [4.69, 9.17) is 4.74 Å². The maximum absolute atomic E-state index is 11.9. The van der Waals surface area contributed by atoms with Crippen molar-refractivity contribution in [1.29, 1.82) is 0 Å². The standard InChI is InChI=1S/C15H23N3O4/c1-4-17(10-15(19)16-12(2)11-22-3)9-13-6-5-7-14(8-13)18(20)21/h5-8,12H,4,9-11H2,1-3H3,(H,16,19). The molecule has 0 radical (unpaired) electrons. The van der Waals surface area contributed by atoms with Gasteiger partial charge in [0.25, 0.3) is 5.69 Å². The minimum absolute atomic E-state index is 0.0472. The first-order chi connectivity index (χ1) is 10.5. The number of benzene rings is 1. The van der Waals surface area contributed by atoms with Crippen molar-refractivity contribution < 1.29 is 14.5 Å². The Bertz CT molecular complexity index is 507. The normalized spacial score (nSPS) is 12.2. The zero-order valence-electron chi connectivity index (χ0n) is 13.2. The first-order valence-electron chi connectivity index (χ1n) is 7.20. The molecule has 0 aliphatic rings. The Kier molecular flexibility index (Phi) is 7.48. The number of ether oxygens (including phenoxy) is 1. The molecule has 0 fully saturated rings. The summed E-state index contributed by atoms with van der Waals surface area (Å²) < 4.78 is 4.97. The van der Waals surface area contributed by atoms with Crippen LogP contribution in [0.25, 0.3) is 0 Å². The minimum atomic E-state index is -0.418. The quantitative estimate of drug-likeness (QED) is 0.553. The van der Waals surface area contributed by atoms with Crippen LogP contribution in [-0.2, 0) is 16.1 Å². The maximum atomic E-state index is 11.9. The molecule has 0 aliphatic carbocycles.